The van der Waals surface area contributed by atoms with Crippen LogP contribution in [-0.4, -0.2) is 41.5 Å². The van der Waals surface area contributed by atoms with E-state index in [0.717, 1.165) is 45.2 Å². The first kappa shape index (κ1) is 19.1. The number of amides is 1. The van der Waals surface area contributed by atoms with Crippen LogP contribution in [0.15, 0.2) is 36.5 Å². The fraction of sp³-hybridized carbons (Fsp3) is 0.636. The number of nitrogens with one attached hydrogen (secondary N) is 1. The van der Waals surface area contributed by atoms with Gasteiger partial charge < -0.3 is 5.32 Å². The smallest absolute Gasteiger partial charge is 0.234 e. The van der Waals surface area contributed by atoms with E-state index in [1.807, 2.05) is 12.3 Å². The molecule has 4 heteroatoms. The van der Waals surface area contributed by atoms with E-state index in [4.69, 9.17) is 0 Å². The minimum absolute atomic E-state index is 0.178. The van der Waals surface area contributed by atoms with E-state index in [2.05, 4.69) is 40.8 Å². The normalized spacial score (nSPS) is 23.6. The molecule has 1 aromatic heterocycles. The quantitative estimate of drug-likeness (QED) is 0.793. The van der Waals surface area contributed by atoms with Crippen LogP contribution < -0.4 is 5.32 Å². The van der Waals surface area contributed by atoms with E-state index >= 15 is 0 Å². The van der Waals surface area contributed by atoms with E-state index in [-0.39, 0.29) is 11.9 Å². The summed E-state index contributed by atoms with van der Waals surface area (Å²) in [6.07, 6.45) is 9.89. The Morgan fingerprint density at radius 1 is 1.35 bits per heavy atom. The number of nitrogens with zero attached hydrogens (tertiary/aromatic N) is 2. The van der Waals surface area contributed by atoms with Crippen molar-refractivity contribution in [2.24, 2.45) is 11.8 Å². The third kappa shape index (κ3) is 5.66. The van der Waals surface area contributed by atoms with Gasteiger partial charge in [-0.05, 0) is 88.9 Å². The van der Waals surface area contributed by atoms with Crippen molar-refractivity contribution in [3.05, 3.63) is 42.2 Å². The summed E-state index contributed by atoms with van der Waals surface area (Å²) in [5.41, 5.74) is 2.53. The summed E-state index contributed by atoms with van der Waals surface area (Å²) >= 11 is 0. The number of hydrogen-bond donors (Lipinski definition) is 1. The summed E-state index contributed by atoms with van der Waals surface area (Å²) in [6.45, 7) is 8.85. The zero-order valence-electron chi connectivity index (χ0n) is 16.1. The fourth-order valence-electron chi connectivity index (χ4n) is 4.40. The molecule has 2 fully saturated rings. The largest absolute Gasteiger partial charge is 0.352 e. The van der Waals surface area contributed by atoms with Crippen molar-refractivity contribution < 1.29 is 4.79 Å². The molecule has 1 aliphatic carbocycles. The summed E-state index contributed by atoms with van der Waals surface area (Å²) in [4.78, 5) is 19.2. The molecule has 1 aromatic rings. The molecule has 0 radical (unpaired) electrons. The van der Waals surface area contributed by atoms with Crippen LogP contribution >= 0.6 is 0 Å². The lowest BCUT2D eigenvalue weighted by molar-refractivity contribution is -0.123. The number of allylic oxidation sites excluding steroid dienone is 1. The standard InChI is InChI=1S/C22H33N3O/c1-17-6-5-7-20(14-17)18(2)24-22(26)16-25-12-9-19(10-13-25)15-21-8-3-4-11-23-21/h3-4,8,11,18-20H,1,5-7,9-10,12-16H2,2H3,(H,24,26). The predicted octanol–water partition coefficient (Wildman–Crippen LogP) is 3.59. The molecule has 142 valence electrons. The average molecular weight is 356 g/mol. The molecule has 26 heavy (non-hydrogen) atoms. The van der Waals surface area contributed by atoms with Crippen LogP contribution in [0.25, 0.3) is 0 Å². The Morgan fingerprint density at radius 3 is 2.85 bits per heavy atom. The molecule has 1 amide bonds. The van der Waals surface area contributed by atoms with Gasteiger partial charge in [0.2, 0.25) is 5.91 Å². The third-order valence-corrected chi connectivity index (χ3v) is 6.05. The van der Waals surface area contributed by atoms with Crippen LogP contribution in [0.5, 0.6) is 0 Å². The van der Waals surface area contributed by atoms with Crippen LogP contribution in [0.4, 0.5) is 0 Å². The topological polar surface area (TPSA) is 45.2 Å². The van der Waals surface area contributed by atoms with E-state index in [0.29, 0.717) is 18.4 Å². The Kier molecular flexibility index (Phi) is 6.84. The second kappa shape index (κ2) is 9.31. The molecule has 2 unspecified atom stereocenters. The summed E-state index contributed by atoms with van der Waals surface area (Å²) in [5, 5.41) is 3.24. The van der Waals surface area contributed by atoms with Gasteiger partial charge in [0, 0.05) is 17.9 Å². The number of carbonyl (C=O) groups is 1. The fourth-order valence-corrected chi connectivity index (χ4v) is 4.40. The van der Waals surface area contributed by atoms with Gasteiger partial charge >= 0.3 is 0 Å². The maximum absolute atomic E-state index is 12.4. The molecule has 1 N–H and O–H groups in total. The van der Waals surface area contributed by atoms with Gasteiger partial charge in [0.25, 0.3) is 0 Å². The highest BCUT2D eigenvalue weighted by Crippen LogP contribution is 2.29. The van der Waals surface area contributed by atoms with Crippen molar-refractivity contribution in [1.29, 1.82) is 0 Å². The second-order valence-electron chi connectivity index (χ2n) is 8.21. The highest BCUT2D eigenvalue weighted by atomic mass is 16.2. The monoisotopic (exact) mass is 355 g/mol. The van der Waals surface area contributed by atoms with Gasteiger partial charge in [-0.15, -0.1) is 0 Å². The Morgan fingerprint density at radius 2 is 2.15 bits per heavy atom. The van der Waals surface area contributed by atoms with Crippen molar-refractivity contribution in [2.75, 3.05) is 19.6 Å². The van der Waals surface area contributed by atoms with E-state index in [1.165, 1.54) is 24.1 Å². The van der Waals surface area contributed by atoms with Gasteiger partial charge in [0.1, 0.15) is 0 Å². The molecule has 3 rings (SSSR count). The molecule has 1 aliphatic heterocycles. The summed E-state index contributed by atoms with van der Waals surface area (Å²) in [5.74, 6) is 1.43. The molecule has 4 nitrogen and oxygen atoms in total. The van der Waals surface area contributed by atoms with Gasteiger partial charge in [0.05, 0.1) is 6.54 Å². The number of piperidine rings is 1. The SMILES string of the molecule is C=C1CCCC(C(C)NC(=O)CN2CCC(Cc3ccccn3)CC2)C1. The first-order valence-corrected chi connectivity index (χ1v) is 10.2. The van der Waals surface area contributed by atoms with Crippen LogP contribution in [0.1, 0.15) is 51.1 Å². The molecular formula is C22H33N3O. The number of aromatic nitrogens is 1. The molecule has 2 aliphatic rings. The maximum Gasteiger partial charge on any atom is 0.234 e. The Hall–Kier alpha value is -1.68. The maximum atomic E-state index is 12.4. The van der Waals surface area contributed by atoms with Crippen LogP contribution in [0, 0.1) is 11.8 Å². The summed E-state index contributed by atoms with van der Waals surface area (Å²) < 4.78 is 0. The molecular weight excluding hydrogens is 322 g/mol. The molecule has 2 atom stereocenters. The average Bonchev–Trinajstić information content (AvgIpc) is 2.64. The van der Waals surface area contributed by atoms with Gasteiger partial charge in [-0.25, -0.2) is 0 Å². The van der Waals surface area contributed by atoms with Crippen molar-refractivity contribution in [3.8, 4) is 0 Å². The van der Waals surface area contributed by atoms with Gasteiger partial charge in [-0.1, -0.05) is 18.2 Å². The van der Waals surface area contributed by atoms with Crippen LogP contribution in [-0.2, 0) is 11.2 Å². The number of rotatable bonds is 6. The lowest BCUT2D eigenvalue weighted by atomic mass is 9.82. The highest BCUT2D eigenvalue weighted by Gasteiger charge is 2.25. The summed E-state index contributed by atoms with van der Waals surface area (Å²) in [6, 6.07) is 6.39. The lowest BCUT2D eigenvalue weighted by Gasteiger charge is -2.33. The molecule has 1 saturated heterocycles. The van der Waals surface area contributed by atoms with Crippen molar-refractivity contribution in [1.82, 2.24) is 15.2 Å². The van der Waals surface area contributed by atoms with Gasteiger partial charge in [0.15, 0.2) is 0 Å². The first-order chi connectivity index (χ1) is 12.6. The van der Waals surface area contributed by atoms with Crippen LogP contribution in [0.3, 0.4) is 0 Å². The first-order valence-electron chi connectivity index (χ1n) is 10.2. The predicted molar refractivity (Wildman–Crippen MR) is 106 cm³/mol. The molecule has 2 heterocycles. The molecule has 0 bridgehead atoms. The number of carbonyl (C=O) groups excluding carboxylic acids is 1. The minimum Gasteiger partial charge on any atom is -0.352 e. The van der Waals surface area contributed by atoms with Crippen LogP contribution in [0.2, 0.25) is 0 Å². The second-order valence-corrected chi connectivity index (χ2v) is 8.21. The minimum atomic E-state index is 0.178. The Balaban J connectivity index is 1.37. The lowest BCUT2D eigenvalue weighted by Crippen LogP contribution is -2.46. The zero-order valence-corrected chi connectivity index (χ0v) is 16.1. The van der Waals surface area contributed by atoms with E-state index in [9.17, 15) is 4.79 Å². The third-order valence-electron chi connectivity index (χ3n) is 6.05. The van der Waals surface area contributed by atoms with Gasteiger partial charge in [-0.3, -0.25) is 14.7 Å². The van der Waals surface area contributed by atoms with Crippen molar-refractivity contribution >= 4 is 5.91 Å². The van der Waals surface area contributed by atoms with Crippen molar-refractivity contribution in [2.45, 2.75) is 57.9 Å². The summed E-state index contributed by atoms with van der Waals surface area (Å²) in [7, 11) is 0. The highest BCUT2D eigenvalue weighted by molar-refractivity contribution is 5.78. The Labute approximate surface area is 158 Å². The number of pyridine rings is 1. The Bertz CT molecular complexity index is 593. The van der Waals surface area contributed by atoms with Crippen molar-refractivity contribution in [3.63, 3.8) is 0 Å². The van der Waals surface area contributed by atoms with E-state index < -0.39 is 0 Å². The molecule has 1 saturated carbocycles. The van der Waals surface area contributed by atoms with Gasteiger partial charge in [-0.2, -0.15) is 0 Å². The molecule has 0 spiro atoms. The molecule has 0 aromatic carbocycles. The number of hydrogen-bond acceptors (Lipinski definition) is 3. The van der Waals surface area contributed by atoms with E-state index in [1.54, 1.807) is 0 Å². The number of likely N-dealkylation sites (tertiary alicyclic amines) is 1. The zero-order chi connectivity index (χ0) is 18.4.